The molecule has 162 valence electrons. The Morgan fingerprint density at radius 2 is 1.79 bits per heavy atom. The van der Waals surface area contributed by atoms with Crippen molar-refractivity contribution >= 4 is 29.9 Å². The third kappa shape index (κ3) is 9.44. The molecule has 0 radical (unpaired) electrons. The van der Waals surface area contributed by atoms with Gasteiger partial charge in [0.1, 0.15) is 24.7 Å². The SMILES string of the molecule is CCOCCCNC(=NCc1nnc(C)n1C)NCCOc1ccc(C)cc1.I. The molecule has 0 bridgehead atoms. The number of benzene rings is 1. The summed E-state index contributed by atoms with van der Waals surface area (Å²) in [5.41, 5.74) is 1.22. The van der Waals surface area contributed by atoms with Gasteiger partial charge in [0.2, 0.25) is 0 Å². The van der Waals surface area contributed by atoms with Crippen LogP contribution in [0.5, 0.6) is 5.75 Å². The first-order valence-electron chi connectivity index (χ1n) is 9.74. The molecule has 0 fully saturated rings. The van der Waals surface area contributed by atoms with Crippen LogP contribution >= 0.6 is 24.0 Å². The van der Waals surface area contributed by atoms with Crippen molar-refractivity contribution in [1.29, 1.82) is 0 Å². The van der Waals surface area contributed by atoms with E-state index < -0.39 is 0 Å². The van der Waals surface area contributed by atoms with Gasteiger partial charge in [0.15, 0.2) is 11.8 Å². The highest BCUT2D eigenvalue weighted by Gasteiger charge is 2.05. The largest absolute Gasteiger partial charge is 0.492 e. The van der Waals surface area contributed by atoms with Gasteiger partial charge >= 0.3 is 0 Å². The fourth-order valence-corrected chi connectivity index (χ4v) is 2.41. The van der Waals surface area contributed by atoms with Crippen LogP contribution in [0.1, 0.15) is 30.6 Å². The standard InChI is InChI=1S/C20H32N6O2.HI/c1-5-27-13-6-11-21-20(23-15-19-25-24-17(3)26(19)4)22-12-14-28-18-9-7-16(2)8-10-18;/h7-10H,5-6,11-15H2,1-4H3,(H2,21,22,23);1H. The molecule has 0 aliphatic rings. The summed E-state index contributed by atoms with van der Waals surface area (Å²) in [6.45, 7) is 9.88. The lowest BCUT2D eigenvalue weighted by molar-refractivity contribution is 0.145. The summed E-state index contributed by atoms with van der Waals surface area (Å²) < 4.78 is 13.1. The molecular weight excluding hydrogens is 483 g/mol. The zero-order valence-corrected chi connectivity index (χ0v) is 20.1. The van der Waals surface area contributed by atoms with E-state index in [1.54, 1.807) is 0 Å². The second-order valence-corrected chi connectivity index (χ2v) is 6.45. The van der Waals surface area contributed by atoms with Gasteiger partial charge in [-0.1, -0.05) is 17.7 Å². The van der Waals surface area contributed by atoms with Gasteiger partial charge in [-0.15, -0.1) is 34.2 Å². The van der Waals surface area contributed by atoms with Crippen molar-refractivity contribution < 1.29 is 9.47 Å². The highest BCUT2D eigenvalue weighted by atomic mass is 127. The van der Waals surface area contributed by atoms with Crippen molar-refractivity contribution in [2.75, 3.05) is 32.9 Å². The molecular formula is C20H33IN6O2. The van der Waals surface area contributed by atoms with Gasteiger partial charge in [0.25, 0.3) is 0 Å². The second kappa shape index (κ2) is 14.2. The minimum absolute atomic E-state index is 0. The van der Waals surface area contributed by atoms with Gasteiger partial charge in [-0.05, 0) is 39.3 Å². The zero-order valence-electron chi connectivity index (χ0n) is 17.8. The molecule has 9 heteroatoms. The van der Waals surface area contributed by atoms with E-state index in [2.05, 4.69) is 32.7 Å². The van der Waals surface area contributed by atoms with E-state index in [-0.39, 0.29) is 24.0 Å². The Labute approximate surface area is 190 Å². The van der Waals surface area contributed by atoms with Gasteiger partial charge in [0, 0.05) is 26.8 Å². The summed E-state index contributed by atoms with van der Waals surface area (Å²) in [6.07, 6.45) is 0.914. The average Bonchev–Trinajstić information content (AvgIpc) is 3.02. The number of hydrogen-bond donors (Lipinski definition) is 2. The minimum Gasteiger partial charge on any atom is -0.492 e. The zero-order chi connectivity index (χ0) is 20.2. The molecule has 1 aromatic heterocycles. The summed E-state index contributed by atoms with van der Waals surface area (Å²) in [6, 6.07) is 8.04. The van der Waals surface area contributed by atoms with E-state index in [1.807, 2.05) is 49.7 Å². The number of ether oxygens (including phenoxy) is 2. The third-order valence-electron chi connectivity index (χ3n) is 4.21. The molecule has 2 rings (SSSR count). The molecule has 0 aliphatic carbocycles. The van der Waals surface area contributed by atoms with E-state index in [0.717, 1.165) is 49.5 Å². The van der Waals surface area contributed by atoms with Crippen molar-refractivity contribution in [1.82, 2.24) is 25.4 Å². The van der Waals surface area contributed by atoms with Crippen LogP contribution in [0.25, 0.3) is 0 Å². The first kappa shape index (κ1) is 25.2. The number of halogens is 1. The number of nitrogens with one attached hydrogen (secondary N) is 2. The van der Waals surface area contributed by atoms with Crippen molar-refractivity contribution in [3.8, 4) is 5.75 Å². The highest BCUT2D eigenvalue weighted by molar-refractivity contribution is 14.0. The molecule has 0 aliphatic heterocycles. The van der Waals surface area contributed by atoms with E-state index >= 15 is 0 Å². The van der Waals surface area contributed by atoms with Crippen LogP contribution in [-0.4, -0.2) is 53.6 Å². The van der Waals surface area contributed by atoms with E-state index in [1.165, 1.54) is 5.56 Å². The summed E-state index contributed by atoms with van der Waals surface area (Å²) >= 11 is 0. The van der Waals surface area contributed by atoms with Crippen LogP contribution in [0.3, 0.4) is 0 Å². The highest BCUT2D eigenvalue weighted by Crippen LogP contribution is 2.10. The minimum atomic E-state index is 0. The molecule has 1 heterocycles. The lowest BCUT2D eigenvalue weighted by atomic mass is 10.2. The lowest BCUT2D eigenvalue weighted by Crippen LogP contribution is -2.40. The van der Waals surface area contributed by atoms with Gasteiger partial charge in [-0.25, -0.2) is 4.99 Å². The fourth-order valence-electron chi connectivity index (χ4n) is 2.41. The molecule has 1 aromatic carbocycles. The summed E-state index contributed by atoms with van der Waals surface area (Å²) in [5.74, 6) is 3.29. The maximum Gasteiger partial charge on any atom is 0.191 e. The molecule has 0 spiro atoms. The van der Waals surface area contributed by atoms with Crippen LogP contribution in [0.2, 0.25) is 0 Å². The monoisotopic (exact) mass is 516 g/mol. The number of nitrogens with zero attached hydrogens (tertiary/aromatic N) is 4. The molecule has 0 saturated heterocycles. The van der Waals surface area contributed by atoms with Crippen molar-refractivity contribution in [3.05, 3.63) is 41.5 Å². The quantitative estimate of drug-likeness (QED) is 0.207. The van der Waals surface area contributed by atoms with E-state index in [9.17, 15) is 0 Å². The number of aromatic nitrogens is 3. The van der Waals surface area contributed by atoms with E-state index in [0.29, 0.717) is 19.7 Å². The fraction of sp³-hybridized carbons (Fsp3) is 0.550. The van der Waals surface area contributed by atoms with E-state index in [4.69, 9.17) is 9.47 Å². The topological polar surface area (TPSA) is 85.6 Å². The molecule has 8 nitrogen and oxygen atoms in total. The van der Waals surface area contributed by atoms with Crippen LogP contribution in [0.4, 0.5) is 0 Å². The predicted octanol–water partition coefficient (Wildman–Crippen LogP) is 2.59. The second-order valence-electron chi connectivity index (χ2n) is 6.45. The van der Waals surface area contributed by atoms with Gasteiger partial charge < -0.3 is 24.7 Å². The molecule has 0 saturated carbocycles. The number of aryl methyl sites for hydroxylation is 2. The summed E-state index contributed by atoms with van der Waals surface area (Å²) in [4.78, 5) is 4.62. The number of rotatable bonds is 11. The predicted molar refractivity (Wildman–Crippen MR) is 126 cm³/mol. The number of guanidine groups is 1. The Balaban J connectivity index is 0.00000420. The number of aliphatic imine (C=N–C) groups is 1. The summed E-state index contributed by atoms with van der Waals surface area (Å²) in [7, 11) is 1.94. The Kier molecular flexibility index (Phi) is 12.3. The molecule has 0 unspecified atom stereocenters. The van der Waals surface area contributed by atoms with Gasteiger partial charge in [-0.2, -0.15) is 0 Å². The third-order valence-corrected chi connectivity index (χ3v) is 4.21. The average molecular weight is 516 g/mol. The molecule has 29 heavy (non-hydrogen) atoms. The first-order chi connectivity index (χ1) is 13.6. The van der Waals surface area contributed by atoms with Crippen LogP contribution in [0.15, 0.2) is 29.3 Å². The van der Waals surface area contributed by atoms with Crippen LogP contribution < -0.4 is 15.4 Å². The number of hydrogen-bond acceptors (Lipinski definition) is 5. The van der Waals surface area contributed by atoms with Crippen molar-refractivity contribution in [3.63, 3.8) is 0 Å². The van der Waals surface area contributed by atoms with Crippen molar-refractivity contribution in [2.45, 2.75) is 33.7 Å². The maximum atomic E-state index is 5.76. The smallest absolute Gasteiger partial charge is 0.191 e. The van der Waals surface area contributed by atoms with Gasteiger partial charge in [0.05, 0.1) is 6.54 Å². The maximum absolute atomic E-state index is 5.76. The normalized spacial score (nSPS) is 11.1. The Bertz CT molecular complexity index is 733. The lowest BCUT2D eigenvalue weighted by Gasteiger charge is -2.13. The van der Waals surface area contributed by atoms with Crippen molar-refractivity contribution in [2.24, 2.45) is 12.0 Å². The summed E-state index contributed by atoms with van der Waals surface area (Å²) in [5, 5.41) is 14.9. The van der Waals surface area contributed by atoms with Crippen LogP contribution in [0, 0.1) is 13.8 Å². The molecule has 2 N–H and O–H groups in total. The molecule has 0 amide bonds. The van der Waals surface area contributed by atoms with Gasteiger partial charge in [-0.3, -0.25) is 0 Å². The Morgan fingerprint density at radius 1 is 1.07 bits per heavy atom. The molecule has 0 atom stereocenters. The first-order valence-corrected chi connectivity index (χ1v) is 9.74. The van der Waals surface area contributed by atoms with Crippen LogP contribution in [-0.2, 0) is 18.3 Å². The molecule has 2 aromatic rings. The Hall–Kier alpha value is -1.88. The Morgan fingerprint density at radius 3 is 2.45 bits per heavy atom.